The molecule has 1 unspecified atom stereocenters. The lowest BCUT2D eigenvalue weighted by Crippen LogP contribution is -2.13. The van der Waals surface area contributed by atoms with E-state index in [2.05, 4.69) is 12.2 Å². The Kier molecular flexibility index (Phi) is 5.15. The summed E-state index contributed by atoms with van der Waals surface area (Å²) in [6, 6.07) is 7.91. The number of aliphatic hydroxyl groups excluding tert-OH is 1. The van der Waals surface area contributed by atoms with Crippen LogP contribution in [0.1, 0.15) is 19.4 Å². The number of aliphatic hydroxyl groups is 1. The summed E-state index contributed by atoms with van der Waals surface area (Å²) >= 11 is 0. The van der Waals surface area contributed by atoms with Crippen molar-refractivity contribution in [3.63, 3.8) is 0 Å². The Morgan fingerprint density at radius 3 is 2.53 bits per heavy atom. The number of hydrogen-bond acceptors (Lipinski definition) is 3. The largest absolute Gasteiger partial charge is 0.491 e. The highest BCUT2D eigenvalue weighted by Gasteiger charge is 1.98. The van der Waals surface area contributed by atoms with E-state index in [1.165, 1.54) is 5.56 Å². The van der Waals surface area contributed by atoms with Gasteiger partial charge >= 0.3 is 0 Å². The summed E-state index contributed by atoms with van der Waals surface area (Å²) in [5.41, 5.74) is 1.24. The minimum atomic E-state index is -0.425. The van der Waals surface area contributed by atoms with E-state index in [1.54, 1.807) is 6.92 Å². The Balaban J connectivity index is 2.41. The number of nitrogens with one attached hydrogen (secondary N) is 1. The highest BCUT2D eigenvalue weighted by atomic mass is 16.5. The molecule has 0 amide bonds. The van der Waals surface area contributed by atoms with Crippen molar-refractivity contribution in [2.75, 3.05) is 13.2 Å². The molecule has 0 saturated carbocycles. The molecular weight excluding hydrogens is 190 g/mol. The Bertz CT molecular complexity index is 269. The number of hydrogen-bond donors (Lipinski definition) is 2. The minimum Gasteiger partial charge on any atom is -0.491 e. The second-order valence-corrected chi connectivity index (χ2v) is 3.58. The Labute approximate surface area is 91.1 Å². The third kappa shape index (κ3) is 4.81. The summed E-state index contributed by atoms with van der Waals surface area (Å²) in [6.07, 6.45) is -0.425. The van der Waals surface area contributed by atoms with Gasteiger partial charge in [0, 0.05) is 6.54 Å². The van der Waals surface area contributed by atoms with Crippen molar-refractivity contribution in [2.45, 2.75) is 26.5 Å². The summed E-state index contributed by atoms with van der Waals surface area (Å²) in [4.78, 5) is 0. The molecule has 0 aliphatic rings. The molecule has 0 spiro atoms. The standard InChI is InChI=1S/C12H19NO2/c1-3-13-8-11-4-6-12(7-5-11)15-9-10(2)14/h4-7,10,13-14H,3,8-9H2,1-2H3. The van der Waals surface area contributed by atoms with Crippen molar-refractivity contribution >= 4 is 0 Å². The number of rotatable bonds is 6. The van der Waals surface area contributed by atoms with Crippen LogP contribution >= 0.6 is 0 Å². The van der Waals surface area contributed by atoms with Crippen LogP contribution in [0.2, 0.25) is 0 Å². The predicted octanol–water partition coefficient (Wildman–Crippen LogP) is 1.56. The number of ether oxygens (including phenoxy) is 1. The first-order chi connectivity index (χ1) is 7.22. The van der Waals surface area contributed by atoms with Crippen LogP contribution in [0.3, 0.4) is 0 Å². The van der Waals surface area contributed by atoms with Gasteiger partial charge in [-0.2, -0.15) is 0 Å². The molecule has 0 radical (unpaired) electrons. The van der Waals surface area contributed by atoms with Crippen molar-refractivity contribution in [1.82, 2.24) is 5.32 Å². The van der Waals surface area contributed by atoms with Gasteiger partial charge < -0.3 is 15.2 Å². The molecule has 84 valence electrons. The molecule has 1 rings (SSSR count). The van der Waals surface area contributed by atoms with Crippen LogP contribution in [0.5, 0.6) is 5.75 Å². The molecule has 1 atom stereocenters. The maximum atomic E-state index is 9.05. The highest BCUT2D eigenvalue weighted by molar-refractivity contribution is 5.27. The third-order valence-corrected chi connectivity index (χ3v) is 1.99. The molecule has 3 nitrogen and oxygen atoms in total. The predicted molar refractivity (Wildman–Crippen MR) is 61.0 cm³/mol. The summed E-state index contributed by atoms with van der Waals surface area (Å²) in [6.45, 7) is 5.99. The van der Waals surface area contributed by atoms with Gasteiger partial charge in [0.2, 0.25) is 0 Å². The van der Waals surface area contributed by atoms with E-state index in [0.717, 1.165) is 18.8 Å². The maximum Gasteiger partial charge on any atom is 0.119 e. The Hall–Kier alpha value is -1.06. The van der Waals surface area contributed by atoms with Crippen molar-refractivity contribution < 1.29 is 9.84 Å². The molecule has 15 heavy (non-hydrogen) atoms. The first-order valence-corrected chi connectivity index (χ1v) is 5.33. The fourth-order valence-electron chi connectivity index (χ4n) is 1.19. The first-order valence-electron chi connectivity index (χ1n) is 5.33. The molecule has 0 aliphatic carbocycles. The van der Waals surface area contributed by atoms with E-state index in [9.17, 15) is 0 Å². The summed E-state index contributed by atoms with van der Waals surface area (Å²) in [7, 11) is 0. The smallest absolute Gasteiger partial charge is 0.119 e. The van der Waals surface area contributed by atoms with Gasteiger partial charge in [0.05, 0.1) is 6.10 Å². The molecule has 0 fully saturated rings. The molecule has 1 aromatic carbocycles. The fourth-order valence-corrected chi connectivity index (χ4v) is 1.19. The van der Waals surface area contributed by atoms with Crippen molar-refractivity contribution in [3.05, 3.63) is 29.8 Å². The molecule has 0 saturated heterocycles. The molecule has 0 aromatic heterocycles. The third-order valence-electron chi connectivity index (χ3n) is 1.99. The SMILES string of the molecule is CCNCc1ccc(OCC(C)O)cc1. The Morgan fingerprint density at radius 2 is 2.00 bits per heavy atom. The summed E-state index contributed by atoms with van der Waals surface area (Å²) < 4.78 is 5.36. The van der Waals surface area contributed by atoms with Crippen LogP contribution in [0, 0.1) is 0 Å². The molecule has 2 N–H and O–H groups in total. The average molecular weight is 209 g/mol. The fraction of sp³-hybridized carbons (Fsp3) is 0.500. The van der Waals surface area contributed by atoms with Crippen LogP contribution < -0.4 is 10.1 Å². The molecule has 1 aromatic rings. The van der Waals surface area contributed by atoms with Crippen molar-refractivity contribution in [2.24, 2.45) is 0 Å². The molecule has 0 bridgehead atoms. The number of benzene rings is 1. The van der Waals surface area contributed by atoms with E-state index in [0.29, 0.717) is 6.61 Å². The molecular formula is C12H19NO2. The molecule has 0 heterocycles. The first kappa shape index (κ1) is 12.0. The molecule has 0 aliphatic heterocycles. The monoisotopic (exact) mass is 209 g/mol. The summed E-state index contributed by atoms with van der Waals surface area (Å²) in [5.74, 6) is 0.802. The lowest BCUT2D eigenvalue weighted by Gasteiger charge is -2.08. The minimum absolute atomic E-state index is 0.340. The average Bonchev–Trinajstić information content (AvgIpc) is 2.25. The highest BCUT2D eigenvalue weighted by Crippen LogP contribution is 2.12. The quantitative estimate of drug-likeness (QED) is 0.747. The van der Waals surface area contributed by atoms with E-state index in [-0.39, 0.29) is 0 Å². The summed E-state index contributed by atoms with van der Waals surface area (Å²) in [5, 5.41) is 12.3. The van der Waals surface area contributed by atoms with Crippen LogP contribution in [-0.2, 0) is 6.54 Å². The zero-order valence-corrected chi connectivity index (χ0v) is 9.36. The van der Waals surface area contributed by atoms with Gasteiger partial charge in [-0.15, -0.1) is 0 Å². The van der Waals surface area contributed by atoms with E-state index >= 15 is 0 Å². The zero-order chi connectivity index (χ0) is 11.1. The van der Waals surface area contributed by atoms with E-state index in [1.807, 2.05) is 24.3 Å². The lowest BCUT2D eigenvalue weighted by molar-refractivity contribution is 0.122. The topological polar surface area (TPSA) is 41.5 Å². The van der Waals surface area contributed by atoms with Crippen LogP contribution in [0.4, 0.5) is 0 Å². The normalized spacial score (nSPS) is 12.5. The lowest BCUT2D eigenvalue weighted by atomic mass is 10.2. The van der Waals surface area contributed by atoms with Gasteiger partial charge in [-0.1, -0.05) is 19.1 Å². The van der Waals surface area contributed by atoms with Gasteiger partial charge in [-0.05, 0) is 31.2 Å². The zero-order valence-electron chi connectivity index (χ0n) is 9.36. The second-order valence-electron chi connectivity index (χ2n) is 3.58. The van der Waals surface area contributed by atoms with Gasteiger partial charge in [0.15, 0.2) is 0 Å². The second kappa shape index (κ2) is 6.43. The maximum absolute atomic E-state index is 9.05. The van der Waals surface area contributed by atoms with Crippen molar-refractivity contribution in [3.8, 4) is 5.75 Å². The van der Waals surface area contributed by atoms with Gasteiger partial charge in [-0.25, -0.2) is 0 Å². The van der Waals surface area contributed by atoms with E-state index < -0.39 is 6.10 Å². The van der Waals surface area contributed by atoms with Crippen LogP contribution in [0.25, 0.3) is 0 Å². The van der Waals surface area contributed by atoms with Gasteiger partial charge in [0.1, 0.15) is 12.4 Å². The van der Waals surface area contributed by atoms with Gasteiger partial charge in [-0.3, -0.25) is 0 Å². The van der Waals surface area contributed by atoms with Crippen LogP contribution in [-0.4, -0.2) is 24.4 Å². The van der Waals surface area contributed by atoms with Crippen LogP contribution in [0.15, 0.2) is 24.3 Å². The van der Waals surface area contributed by atoms with Gasteiger partial charge in [0.25, 0.3) is 0 Å². The molecule has 3 heteroatoms. The Morgan fingerprint density at radius 1 is 1.33 bits per heavy atom. The van der Waals surface area contributed by atoms with Crippen molar-refractivity contribution in [1.29, 1.82) is 0 Å². The van der Waals surface area contributed by atoms with E-state index in [4.69, 9.17) is 9.84 Å².